The number of amides is 1. The van der Waals surface area contributed by atoms with Gasteiger partial charge in [0.2, 0.25) is 0 Å². The fourth-order valence-corrected chi connectivity index (χ4v) is 3.28. The first kappa shape index (κ1) is 13.6. The molecular weight excluding hydrogens is 250 g/mol. The van der Waals surface area contributed by atoms with Crippen molar-refractivity contribution in [1.29, 1.82) is 0 Å². The third-order valence-corrected chi connectivity index (χ3v) is 4.64. The molecule has 3 heteroatoms. The fourth-order valence-electron chi connectivity index (χ4n) is 3.28. The number of hydrogen-bond acceptors (Lipinski definition) is 2. The molecular formula is C17H23NO2. The van der Waals surface area contributed by atoms with Crippen molar-refractivity contribution in [3.05, 3.63) is 35.4 Å². The number of nitrogens with one attached hydrogen (secondary N) is 1. The van der Waals surface area contributed by atoms with Crippen molar-refractivity contribution >= 4 is 5.91 Å². The number of carbonyl (C=O) groups excluding carboxylic acids is 1. The molecule has 1 aromatic carbocycles. The summed E-state index contributed by atoms with van der Waals surface area (Å²) in [6.45, 7) is 4.04. The molecule has 1 amide bonds. The van der Waals surface area contributed by atoms with E-state index in [1.165, 1.54) is 30.4 Å². The molecule has 1 saturated heterocycles. The molecule has 1 aliphatic heterocycles. The quantitative estimate of drug-likeness (QED) is 0.860. The van der Waals surface area contributed by atoms with Crippen LogP contribution in [0.25, 0.3) is 0 Å². The number of aryl methyl sites for hydroxylation is 1. The molecule has 1 aliphatic carbocycles. The highest BCUT2D eigenvalue weighted by molar-refractivity contribution is 5.84. The molecule has 0 aromatic heterocycles. The second-order valence-electron chi connectivity index (χ2n) is 6.26. The van der Waals surface area contributed by atoms with E-state index in [2.05, 4.69) is 36.5 Å². The van der Waals surface area contributed by atoms with Gasteiger partial charge in [-0.3, -0.25) is 4.79 Å². The molecule has 1 aromatic rings. The van der Waals surface area contributed by atoms with Crippen molar-refractivity contribution in [1.82, 2.24) is 5.32 Å². The molecule has 0 bridgehead atoms. The van der Waals surface area contributed by atoms with Gasteiger partial charge < -0.3 is 10.1 Å². The van der Waals surface area contributed by atoms with Crippen LogP contribution in [0.15, 0.2) is 24.3 Å². The van der Waals surface area contributed by atoms with Crippen molar-refractivity contribution in [3.8, 4) is 0 Å². The summed E-state index contributed by atoms with van der Waals surface area (Å²) in [4.78, 5) is 12.3. The Hall–Kier alpha value is -1.35. The summed E-state index contributed by atoms with van der Waals surface area (Å²) in [7, 11) is 0. The molecule has 0 spiro atoms. The zero-order valence-corrected chi connectivity index (χ0v) is 12.3. The Morgan fingerprint density at radius 3 is 2.35 bits per heavy atom. The van der Waals surface area contributed by atoms with E-state index in [1.807, 2.05) is 6.92 Å². The van der Waals surface area contributed by atoms with Gasteiger partial charge in [0.05, 0.1) is 11.6 Å². The van der Waals surface area contributed by atoms with E-state index in [0.717, 1.165) is 12.8 Å². The largest absolute Gasteiger partial charge is 0.359 e. The predicted molar refractivity (Wildman–Crippen MR) is 78.4 cm³/mol. The zero-order valence-electron chi connectivity index (χ0n) is 12.3. The van der Waals surface area contributed by atoms with Crippen LogP contribution in [0.2, 0.25) is 0 Å². The molecule has 20 heavy (non-hydrogen) atoms. The standard InChI is InChI=1S/C17H23NO2/c1-12-6-8-14(9-7-12)17(10-4-3-5-11-17)18-16(19)15-13(2)20-15/h6-9,13,15H,3-5,10-11H2,1-2H3,(H,18,19)/t13-,15+/m0/s1. The van der Waals surface area contributed by atoms with Gasteiger partial charge in [-0.25, -0.2) is 0 Å². The highest BCUT2D eigenvalue weighted by atomic mass is 16.6. The summed E-state index contributed by atoms with van der Waals surface area (Å²) in [6.07, 6.45) is 5.52. The van der Waals surface area contributed by atoms with Gasteiger partial charge in [-0.1, -0.05) is 49.1 Å². The molecule has 2 fully saturated rings. The Morgan fingerprint density at radius 2 is 1.80 bits per heavy atom. The van der Waals surface area contributed by atoms with Crippen molar-refractivity contribution in [2.75, 3.05) is 0 Å². The minimum absolute atomic E-state index is 0.0555. The Morgan fingerprint density at radius 1 is 1.20 bits per heavy atom. The highest BCUT2D eigenvalue weighted by Gasteiger charge is 2.45. The number of epoxide rings is 1. The normalized spacial score (nSPS) is 27.9. The molecule has 1 N–H and O–H groups in total. The van der Waals surface area contributed by atoms with Gasteiger partial charge in [0.1, 0.15) is 0 Å². The molecule has 1 saturated carbocycles. The van der Waals surface area contributed by atoms with Crippen LogP contribution in [0, 0.1) is 6.92 Å². The van der Waals surface area contributed by atoms with Gasteiger partial charge in [-0.2, -0.15) is 0 Å². The van der Waals surface area contributed by atoms with Crippen LogP contribution in [0.1, 0.15) is 50.2 Å². The number of benzene rings is 1. The molecule has 0 unspecified atom stereocenters. The number of hydrogen-bond donors (Lipinski definition) is 1. The molecule has 3 rings (SSSR count). The maximum absolute atomic E-state index is 12.3. The Kier molecular flexibility index (Phi) is 3.55. The van der Waals surface area contributed by atoms with Gasteiger partial charge in [-0.05, 0) is 32.3 Å². The van der Waals surface area contributed by atoms with E-state index >= 15 is 0 Å². The van der Waals surface area contributed by atoms with Crippen molar-refractivity contribution in [2.45, 2.75) is 63.7 Å². The van der Waals surface area contributed by atoms with Gasteiger partial charge in [0.15, 0.2) is 6.10 Å². The van der Waals surface area contributed by atoms with Crippen LogP contribution >= 0.6 is 0 Å². The number of carbonyl (C=O) groups is 1. The van der Waals surface area contributed by atoms with Crippen LogP contribution in [-0.2, 0) is 15.1 Å². The fraction of sp³-hybridized carbons (Fsp3) is 0.588. The minimum atomic E-state index is -0.237. The summed E-state index contributed by atoms with van der Waals surface area (Å²) < 4.78 is 5.31. The first-order chi connectivity index (χ1) is 9.61. The average molecular weight is 273 g/mol. The maximum atomic E-state index is 12.3. The second kappa shape index (κ2) is 5.21. The minimum Gasteiger partial charge on any atom is -0.359 e. The summed E-state index contributed by atoms with van der Waals surface area (Å²) in [5, 5.41) is 3.30. The number of rotatable bonds is 3. The molecule has 108 valence electrons. The maximum Gasteiger partial charge on any atom is 0.252 e. The lowest BCUT2D eigenvalue weighted by molar-refractivity contribution is -0.124. The molecule has 1 heterocycles. The van der Waals surface area contributed by atoms with Gasteiger partial charge in [0, 0.05) is 0 Å². The molecule has 2 aliphatic rings. The van der Waals surface area contributed by atoms with Crippen molar-refractivity contribution in [2.24, 2.45) is 0 Å². The van der Waals surface area contributed by atoms with Gasteiger partial charge >= 0.3 is 0 Å². The second-order valence-corrected chi connectivity index (χ2v) is 6.26. The predicted octanol–water partition coefficient (Wildman–Crippen LogP) is 3.06. The van der Waals surface area contributed by atoms with Crippen molar-refractivity contribution < 1.29 is 9.53 Å². The smallest absolute Gasteiger partial charge is 0.252 e. The van der Waals surface area contributed by atoms with Gasteiger partial charge in [-0.15, -0.1) is 0 Å². The summed E-state index contributed by atoms with van der Waals surface area (Å²) in [5.41, 5.74) is 2.31. The zero-order chi connectivity index (χ0) is 14.2. The Bertz CT molecular complexity index is 488. The van der Waals surface area contributed by atoms with Crippen LogP contribution < -0.4 is 5.32 Å². The van der Waals surface area contributed by atoms with Crippen LogP contribution in [0.5, 0.6) is 0 Å². The lowest BCUT2D eigenvalue weighted by atomic mass is 9.76. The monoisotopic (exact) mass is 273 g/mol. The van der Waals surface area contributed by atoms with E-state index in [0.29, 0.717) is 0 Å². The van der Waals surface area contributed by atoms with E-state index in [1.54, 1.807) is 0 Å². The Balaban J connectivity index is 1.83. The van der Waals surface area contributed by atoms with Crippen LogP contribution in [-0.4, -0.2) is 18.1 Å². The first-order valence-electron chi connectivity index (χ1n) is 7.65. The van der Waals surface area contributed by atoms with E-state index in [-0.39, 0.29) is 23.7 Å². The molecule has 2 atom stereocenters. The van der Waals surface area contributed by atoms with E-state index in [9.17, 15) is 4.79 Å². The third kappa shape index (κ3) is 2.59. The van der Waals surface area contributed by atoms with E-state index < -0.39 is 0 Å². The molecule has 3 nitrogen and oxygen atoms in total. The lowest BCUT2D eigenvalue weighted by Crippen LogP contribution is -2.49. The third-order valence-electron chi connectivity index (χ3n) is 4.64. The summed E-state index contributed by atoms with van der Waals surface area (Å²) in [5.74, 6) is 0.0555. The summed E-state index contributed by atoms with van der Waals surface area (Å²) >= 11 is 0. The number of ether oxygens (including phenoxy) is 1. The lowest BCUT2D eigenvalue weighted by Gasteiger charge is -2.38. The first-order valence-corrected chi connectivity index (χ1v) is 7.65. The van der Waals surface area contributed by atoms with Crippen molar-refractivity contribution in [3.63, 3.8) is 0 Å². The Labute approximate surface area is 120 Å². The summed E-state index contributed by atoms with van der Waals surface area (Å²) in [6, 6.07) is 8.60. The van der Waals surface area contributed by atoms with Crippen LogP contribution in [0.4, 0.5) is 0 Å². The topological polar surface area (TPSA) is 41.6 Å². The highest BCUT2D eigenvalue weighted by Crippen LogP contribution is 2.38. The van der Waals surface area contributed by atoms with Crippen LogP contribution in [0.3, 0.4) is 0 Å². The SMILES string of the molecule is Cc1ccc(C2(NC(=O)[C@@H]3O[C@H]3C)CCCCC2)cc1. The average Bonchev–Trinajstić information content (AvgIpc) is 3.18. The van der Waals surface area contributed by atoms with E-state index in [4.69, 9.17) is 4.74 Å². The van der Waals surface area contributed by atoms with Gasteiger partial charge in [0.25, 0.3) is 5.91 Å². The molecule has 0 radical (unpaired) electrons.